The van der Waals surface area contributed by atoms with E-state index >= 15 is 0 Å². The van der Waals surface area contributed by atoms with Gasteiger partial charge in [0.25, 0.3) is 0 Å². The molecule has 0 spiro atoms. The zero-order valence-electron chi connectivity index (χ0n) is 29.8. The summed E-state index contributed by atoms with van der Waals surface area (Å²) in [4.78, 5) is 29.5. The fourth-order valence-corrected chi connectivity index (χ4v) is 6.99. The van der Waals surface area contributed by atoms with E-state index in [1.807, 2.05) is 121 Å². The average molecular weight is 687 g/mol. The minimum absolute atomic E-state index is 0.190. The summed E-state index contributed by atoms with van der Waals surface area (Å²) in [5, 5.41) is 0. The molecule has 6 heteroatoms. The van der Waals surface area contributed by atoms with E-state index in [0.29, 0.717) is 34.9 Å². The predicted octanol–water partition coefficient (Wildman–Crippen LogP) is 11.2. The third kappa shape index (κ3) is 6.87. The third-order valence-corrected chi connectivity index (χ3v) is 10.00. The standard InChI is InChI=1S/C47H38N6/c1-3-47(4-2,39-29-25-37(26-30-39)45-50-41(33-17-9-5-10-18-33)48-42(51-45)34-19-11-6-12-20-34)40-31-27-38(28-32-40)46-52-43(35-21-13-7-14-22-35)49-44(53-46)36-23-15-8-16-24-36/h5-32H,3-4H2,1-2H3. The summed E-state index contributed by atoms with van der Waals surface area (Å²) in [7, 11) is 0. The van der Waals surface area contributed by atoms with Crippen LogP contribution in [0, 0.1) is 0 Å². The van der Waals surface area contributed by atoms with Gasteiger partial charge >= 0.3 is 0 Å². The summed E-state index contributed by atoms with van der Waals surface area (Å²) >= 11 is 0. The number of benzene rings is 6. The van der Waals surface area contributed by atoms with E-state index in [4.69, 9.17) is 29.9 Å². The summed E-state index contributed by atoms with van der Waals surface area (Å²) in [6.07, 6.45) is 1.87. The Labute approximate surface area is 310 Å². The van der Waals surface area contributed by atoms with Crippen molar-refractivity contribution in [1.82, 2.24) is 29.9 Å². The van der Waals surface area contributed by atoms with Gasteiger partial charge in [-0.15, -0.1) is 0 Å². The molecule has 6 nitrogen and oxygen atoms in total. The molecule has 0 aliphatic heterocycles. The van der Waals surface area contributed by atoms with Crippen LogP contribution in [0.5, 0.6) is 0 Å². The molecular formula is C47H38N6. The Hall–Kier alpha value is -6.66. The lowest BCUT2D eigenvalue weighted by atomic mass is 9.70. The van der Waals surface area contributed by atoms with Gasteiger partial charge in [0, 0.05) is 38.8 Å². The Morgan fingerprint density at radius 2 is 0.491 bits per heavy atom. The van der Waals surface area contributed by atoms with Gasteiger partial charge in [0.2, 0.25) is 0 Å². The number of nitrogens with zero attached hydrogens (tertiary/aromatic N) is 6. The average Bonchev–Trinajstić information content (AvgIpc) is 3.26. The lowest BCUT2D eigenvalue weighted by molar-refractivity contribution is 0.478. The second kappa shape index (κ2) is 14.9. The van der Waals surface area contributed by atoms with E-state index in [1.165, 1.54) is 11.1 Å². The van der Waals surface area contributed by atoms with Crippen LogP contribution in [0.25, 0.3) is 68.3 Å². The van der Waals surface area contributed by atoms with Gasteiger partial charge in [-0.25, -0.2) is 29.9 Å². The summed E-state index contributed by atoms with van der Waals surface area (Å²) in [5.41, 5.74) is 8.01. The zero-order chi connectivity index (χ0) is 36.0. The van der Waals surface area contributed by atoms with Crippen molar-refractivity contribution in [3.05, 3.63) is 181 Å². The molecule has 0 aliphatic carbocycles. The molecule has 0 N–H and O–H groups in total. The maximum atomic E-state index is 4.94. The molecule has 8 rings (SSSR count). The van der Waals surface area contributed by atoms with Gasteiger partial charge in [-0.05, 0) is 24.0 Å². The maximum absolute atomic E-state index is 4.94. The van der Waals surface area contributed by atoms with Crippen LogP contribution in [0.1, 0.15) is 37.8 Å². The molecule has 0 unspecified atom stereocenters. The number of aromatic nitrogens is 6. The van der Waals surface area contributed by atoms with Crippen molar-refractivity contribution in [1.29, 1.82) is 0 Å². The Morgan fingerprint density at radius 3 is 0.698 bits per heavy atom. The second-order valence-corrected chi connectivity index (χ2v) is 13.0. The quantitative estimate of drug-likeness (QED) is 0.142. The van der Waals surface area contributed by atoms with Gasteiger partial charge in [-0.1, -0.05) is 184 Å². The van der Waals surface area contributed by atoms with Crippen molar-refractivity contribution < 1.29 is 0 Å². The Kier molecular flexibility index (Phi) is 9.41. The van der Waals surface area contributed by atoms with Gasteiger partial charge in [0.15, 0.2) is 34.9 Å². The van der Waals surface area contributed by atoms with Crippen LogP contribution in [0.3, 0.4) is 0 Å². The van der Waals surface area contributed by atoms with Gasteiger partial charge in [0.1, 0.15) is 0 Å². The molecule has 0 fully saturated rings. The fourth-order valence-electron chi connectivity index (χ4n) is 6.99. The molecule has 0 atom stereocenters. The van der Waals surface area contributed by atoms with Gasteiger partial charge in [0.05, 0.1) is 0 Å². The third-order valence-electron chi connectivity index (χ3n) is 10.00. The number of rotatable bonds is 10. The Balaban J connectivity index is 1.14. The lowest BCUT2D eigenvalue weighted by Gasteiger charge is -2.33. The van der Waals surface area contributed by atoms with Crippen LogP contribution in [-0.2, 0) is 5.41 Å². The highest BCUT2D eigenvalue weighted by Gasteiger charge is 2.31. The highest BCUT2D eigenvalue weighted by molar-refractivity contribution is 5.68. The van der Waals surface area contributed by atoms with Crippen molar-refractivity contribution in [2.45, 2.75) is 32.1 Å². The molecule has 6 aromatic carbocycles. The smallest absolute Gasteiger partial charge is 0.164 e. The predicted molar refractivity (Wildman–Crippen MR) is 214 cm³/mol. The van der Waals surface area contributed by atoms with E-state index in [2.05, 4.69) is 62.4 Å². The molecule has 0 bridgehead atoms. The first-order valence-corrected chi connectivity index (χ1v) is 18.1. The van der Waals surface area contributed by atoms with Crippen molar-refractivity contribution in [3.63, 3.8) is 0 Å². The minimum atomic E-state index is -0.190. The van der Waals surface area contributed by atoms with Crippen LogP contribution >= 0.6 is 0 Å². The molecule has 8 aromatic rings. The topological polar surface area (TPSA) is 77.3 Å². The second-order valence-electron chi connectivity index (χ2n) is 13.0. The molecule has 2 aromatic heterocycles. The molecule has 53 heavy (non-hydrogen) atoms. The highest BCUT2D eigenvalue weighted by atomic mass is 15.0. The molecule has 0 radical (unpaired) electrons. The van der Waals surface area contributed by atoms with E-state index in [-0.39, 0.29) is 5.41 Å². The number of hydrogen-bond acceptors (Lipinski definition) is 6. The van der Waals surface area contributed by atoms with Crippen molar-refractivity contribution in [2.75, 3.05) is 0 Å². The monoisotopic (exact) mass is 686 g/mol. The summed E-state index contributed by atoms with van der Waals surface area (Å²) < 4.78 is 0. The molecule has 256 valence electrons. The summed E-state index contributed by atoms with van der Waals surface area (Å²) in [5.74, 6) is 3.91. The molecular weight excluding hydrogens is 649 g/mol. The van der Waals surface area contributed by atoms with Crippen LogP contribution in [-0.4, -0.2) is 29.9 Å². The minimum Gasteiger partial charge on any atom is -0.208 e. The fraction of sp³-hybridized carbons (Fsp3) is 0.106. The highest BCUT2D eigenvalue weighted by Crippen LogP contribution is 2.40. The van der Waals surface area contributed by atoms with E-state index in [1.54, 1.807) is 0 Å². The van der Waals surface area contributed by atoms with Crippen LogP contribution < -0.4 is 0 Å². The SMILES string of the molecule is CCC(CC)(c1ccc(-c2nc(-c3ccccc3)nc(-c3ccccc3)n2)cc1)c1ccc(-c2nc(-c3ccccc3)nc(-c3ccccc3)n2)cc1. The van der Waals surface area contributed by atoms with Gasteiger partial charge in [-0.2, -0.15) is 0 Å². The normalized spacial score (nSPS) is 11.4. The van der Waals surface area contributed by atoms with Crippen LogP contribution in [0.2, 0.25) is 0 Å². The molecule has 0 aliphatic rings. The lowest BCUT2D eigenvalue weighted by Crippen LogP contribution is -2.26. The zero-order valence-corrected chi connectivity index (χ0v) is 29.8. The molecule has 0 saturated carbocycles. The van der Waals surface area contributed by atoms with Gasteiger partial charge in [-0.3, -0.25) is 0 Å². The number of hydrogen-bond donors (Lipinski definition) is 0. The summed E-state index contributed by atoms with van der Waals surface area (Å²) in [6, 6.07) is 57.8. The van der Waals surface area contributed by atoms with E-state index in [0.717, 1.165) is 46.2 Å². The first-order valence-electron chi connectivity index (χ1n) is 18.1. The Morgan fingerprint density at radius 1 is 0.283 bits per heavy atom. The van der Waals surface area contributed by atoms with Gasteiger partial charge < -0.3 is 0 Å². The summed E-state index contributed by atoms with van der Waals surface area (Å²) in [6.45, 7) is 4.53. The van der Waals surface area contributed by atoms with E-state index < -0.39 is 0 Å². The Bertz CT molecular complexity index is 2140. The largest absolute Gasteiger partial charge is 0.208 e. The first kappa shape index (κ1) is 33.5. The van der Waals surface area contributed by atoms with Crippen LogP contribution in [0.15, 0.2) is 170 Å². The maximum Gasteiger partial charge on any atom is 0.164 e. The molecule has 0 amide bonds. The van der Waals surface area contributed by atoms with Crippen molar-refractivity contribution >= 4 is 0 Å². The van der Waals surface area contributed by atoms with Crippen molar-refractivity contribution in [3.8, 4) is 68.3 Å². The first-order chi connectivity index (χ1) is 26.1. The molecule has 0 saturated heterocycles. The van der Waals surface area contributed by atoms with E-state index in [9.17, 15) is 0 Å². The van der Waals surface area contributed by atoms with Crippen molar-refractivity contribution in [2.24, 2.45) is 0 Å². The molecule has 2 heterocycles. The van der Waals surface area contributed by atoms with Crippen LogP contribution in [0.4, 0.5) is 0 Å².